The highest BCUT2D eigenvalue weighted by Gasteiger charge is 2.24. The van der Waals surface area contributed by atoms with E-state index in [4.69, 9.17) is 16.3 Å². The monoisotopic (exact) mass is 413 g/mol. The van der Waals surface area contributed by atoms with Crippen LogP contribution in [0, 0.1) is 24.7 Å². The predicted molar refractivity (Wildman–Crippen MR) is 116 cm³/mol. The first kappa shape index (κ1) is 22.3. The van der Waals surface area contributed by atoms with Crippen LogP contribution in [-0.2, 0) is 11.2 Å². The SMILES string of the molecule is C/C=C(/Cl)C#CC(C)/C(=C\C)C(=O)n1c(C)c(CC(=O)O)c2cc(OC)ccc21. The minimum atomic E-state index is -0.964. The van der Waals surface area contributed by atoms with Gasteiger partial charge in [-0.2, -0.15) is 0 Å². The minimum Gasteiger partial charge on any atom is -0.497 e. The van der Waals surface area contributed by atoms with Crippen LogP contribution in [0.15, 0.2) is 41.0 Å². The lowest BCUT2D eigenvalue weighted by atomic mass is 10.0. The van der Waals surface area contributed by atoms with Crippen molar-refractivity contribution in [2.24, 2.45) is 5.92 Å². The Balaban J connectivity index is 2.64. The summed E-state index contributed by atoms with van der Waals surface area (Å²) in [4.78, 5) is 24.8. The molecule has 5 nitrogen and oxygen atoms in total. The van der Waals surface area contributed by atoms with Crippen LogP contribution in [0.3, 0.4) is 0 Å². The van der Waals surface area contributed by atoms with Gasteiger partial charge in [-0.05, 0) is 51.5 Å². The molecule has 1 heterocycles. The van der Waals surface area contributed by atoms with Crippen molar-refractivity contribution in [2.45, 2.75) is 34.1 Å². The quantitative estimate of drug-likeness (QED) is 0.556. The Morgan fingerprint density at radius 3 is 2.55 bits per heavy atom. The second-order valence-corrected chi connectivity index (χ2v) is 6.94. The van der Waals surface area contributed by atoms with Crippen LogP contribution in [0.1, 0.15) is 36.8 Å². The second-order valence-electron chi connectivity index (χ2n) is 6.53. The van der Waals surface area contributed by atoms with Crippen molar-refractivity contribution in [2.75, 3.05) is 7.11 Å². The Bertz CT molecular complexity index is 1080. The number of methoxy groups -OCH3 is 1. The summed E-state index contributed by atoms with van der Waals surface area (Å²) in [6.07, 6.45) is 3.23. The maximum Gasteiger partial charge on any atom is 0.307 e. The molecule has 29 heavy (non-hydrogen) atoms. The van der Waals surface area contributed by atoms with Crippen LogP contribution < -0.4 is 4.74 Å². The number of aliphatic carboxylic acids is 1. The van der Waals surface area contributed by atoms with E-state index in [1.54, 1.807) is 62.8 Å². The standard InChI is InChI=1S/C23H24ClNO4/c1-6-16(24)9-8-14(3)18(7-2)23(28)25-15(4)19(13-22(26)27)20-12-17(29-5)10-11-21(20)25/h6-7,10-12,14H,13H2,1-5H3,(H,26,27)/b16-6+,18-7+. The lowest BCUT2D eigenvalue weighted by Crippen LogP contribution is -2.19. The maximum atomic E-state index is 13.4. The average Bonchev–Trinajstić information content (AvgIpc) is 2.96. The van der Waals surface area contributed by atoms with E-state index >= 15 is 0 Å². The second kappa shape index (κ2) is 9.49. The number of aromatic nitrogens is 1. The lowest BCUT2D eigenvalue weighted by Gasteiger charge is -2.13. The summed E-state index contributed by atoms with van der Waals surface area (Å²) in [5, 5.41) is 10.4. The summed E-state index contributed by atoms with van der Waals surface area (Å²) in [5.74, 6) is 4.87. The molecule has 0 amide bonds. The van der Waals surface area contributed by atoms with E-state index in [0.29, 0.717) is 38.5 Å². The normalized spacial score (nSPS) is 13.0. The number of carboxylic acids is 1. The smallest absolute Gasteiger partial charge is 0.307 e. The molecule has 0 saturated carbocycles. The number of ether oxygens (including phenoxy) is 1. The zero-order chi connectivity index (χ0) is 21.7. The molecule has 0 saturated heterocycles. The molecule has 2 aromatic rings. The highest BCUT2D eigenvalue weighted by atomic mass is 35.5. The topological polar surface area (TPSA) is 68.5 Å². The van der Waals surface area contributed by atoms with E-state index in [0.717, 1.165) is 0 Å². The van der Waals surface area contributed by atoms with Crippen LogP contribution in [0.4, 0.5) is 0 Å². The zero-order valence-electron chi connectivity index (χ0n) is 17.2. The van der Waals surface area contributed by atoms with Gasteiger partial charge in [0.15, 0.2) is 0 Å². The van der Waals surface area contributed by atoms with E-state index in [1.807, 2.05) is 6.92 Å². The van der Waals surface area contributed by atoms with Crippen molar-refractivity contribution < 1.29 is 19.4 Å². The number of halogens is 1. The van der Waals surface area contributed by atoms with E-state index in [2.05, 4.69) is 11.8 Å². The number of carbonyl (C=O) groups is 2. The highest BCUT2D eigenvalue weighted by Crippen LogP contribution is 2.31. The predicted octanol–water partition coefficient (Wildman–Crippen LogP) is 4.95. The fourth-order valence-electron chi connectivity index (χ4n) is 3.24. The van der Waals surface area contributed by atoms with Crippen molar-refractivity contribution in [3.05, 3.63) is 52.2 Å². The van der Waals surface area contributed by atoms with Crippen LogP contribution in [0.2, 0.25) is 0 Å². The molecular formula is C23H24ClNO4. The third-order valence-corrected chi connectivity index (χ3v) is 5.07. The van der Waals surface area contributed by atoms with Gasteiger partial charge in [-0.15, -0.1) is 0 Å². The Hall–Kier alpha value is -2.97. The third-order valence-electron chi connectivity index (χ3n) is 4.76. The maximum absolute atomic E-state index is 13.4. The van der Waals surface area contributed by atoms with Gasteiger partial charge < -0.3 is 9.84 Å². The Kier molecular flexibility index (Phi) is 7.30. The molecule has 1 unspecified atom stereocenters. The Morgan fingerprint density at radius 2 is 2.00 bits per heavy atom. The third kappa shape index (κ3) is 4.72. The summed E-state index contributed by atoms with van der Waals surface area (Å²) in [6.45, 7) is 7.16. The number of allylic oxidation sites excluding steroid dienone is 4. The van der Waals surface area contributed by atoms with Crippen molar-refractivity contribution >= 4 is 34.4 Å². The molecule has 1 N–H and O–H groups in total. The van der Waals surface area contributed by atoms with Gasteiger partial charge in [0, 0.05) is 22.6 Å². The molecule has 6 heteroatoms. The molecule has 2 rings (SSSR count). The first-order chi connectivity index (χ1) is 13.7. The number of carbonyl (C=O) groups excluding carboxylic acids is 1. The molecule has 1 aromatic carbocycles. The lowest BCUT2D eigenvalue weighted by molar-refractivity contribution is -0.136. The molecule has 0 radical (unpaired) electrons. The van der Waals surface area contributed by atoms with Gasteiger partial charge in [0.25, 0.3) is 5.91 Å². The van der Waals surface area contributed by atoms with Crippen molar-refractivity contribution in [3.63, 3.8) is 0 Å². The van der Waals surface area contributed by atoms with Gasteiger partial charge in [-0.1, -0.05) is 35.6 Å². The van der Waals surface area contributed by atoms with Gasteiger partial charge in [-0.3, -0.25) is 14.2 Å². The molecular weight excluding hydrogens is 390 g/mol. The number of fused-ring (bicyclic) bond motifs is 1. The summed E-state index contributed by atoms with van der Waals surface area (Å²) in [6, 6.07) is 5.28. The van der Waals surface area contributed by atoms with Crippen LogP contribution >= 0.6 is 11.6 Å². The number of hydrogen-bond acceptors (Lipinski definition) is 3. The largest absolute Gasteiger partial charge is 0.497 e. The minimum absolute atomic E-state index is 0.187. The van der Waals surface area contributed by atoms with E-state index in [9.17, 15) is 14.7 Å². The number of hydrogen-bond donors (Lipinski definition) is 1. The zero-order valence-corrected chi connectivity index (χ0v) is 17.9. The van der Waals surface area contributed by atoms with Crippen molar-refractivity contribution in [1.82, 2.24) is 4.57 Å². The average molecular weight is 414 g/mol. The van der Waals surface area contributed by atoms with Crippen LogP contribution in [-0.4, -0.2) is 28.7 Å². The number of carboxylic acid groups (broad SMARTS) is 1. The summed E-state index contributed by atoms with van der Waals surface area (Å²) in [5.41, 5.74) is 2.32. The molecule has 1 atom stereocenters. The molecule has 0 bridgehead atoms. The van der Waals surface area contributed by atoms with Crippen molar-refractivity contribution in [3.8, 4) is 17.6 Å². The molecule has 152 valence electrons. The number of benzene rings is 1. The van der Waals surface area contributed by atoms with Gasteiger partial charge in [0.2, 0.25) is 0 Å². The molecule has 0 aliphatic heterocycles. The summed E-state index contributed by atoms with van der Waals surface area (Å²) in [7, 11) is 1.54. The van der Waals surface area contributed by atoms with Gasteiger partial charge in [-0.25, -0.2) is 0 Å². The van der Waals surface area contributed by atoms with E-state index < -0.39 is 5.97 Å². The van der Waals surface area contributed by atoms with Gasteiger partial charge in [0.05, 0.1) is 24.1 Å². The number of rotatable bonds is 5. The molecule has 0 aliphatic carbocycles. The van der Waals surface area contributed by atoms with Crippen LogP contribution in [0.25, 0.3) is 10.9 Å². The van der Waals surface area contributed by atoms with E-state index in [1.165, 1.54) is 0 Å². The Labute approximate surface area is 175 Å². The Morgan fingerprint density at radius 1 is 1.31 bits per heavy atom. The first-order valence-electron chi connectivity index (χ1n) is 9.19. The number of nitrogens with zero attached hydrogens (tertiary/aromatic N) is 1. The van der Waals surface area contributed by atoms with Crippen LogP contribution in [0.5, 0.6) is 5.75 Å². The highest BCUT2D eigenvalue weighted by molar-refractivity contribution is 6.32. The van der Waals surface area contributed by atoms with Gasteiger partial charge in [0.1, 0.15) is 5.75 Å². The first-order valence-corrected chi connectivity index (χ1v) is 9.56. The molecule has 1 aromatic heterocycles. The summed E-state index contributed by atoms with van der Waals surface area (Å²) < 4.78 is 6.83. The molecule has 0 fully saturated rings. The molecule has 0 aliphatic rings. The molecule has 0 spiro atoms. The van der Waals surface area contributed by atoms with E-state index in [-0.39, 0.29) is 18.2 Å². The van der Waals surface area contributed by atoms with Gasteiger partial charge >= 0.3 is 5.97 Å². The van der Waals surface area contributed by atoms with Crippen molar-refractivity contribution in [1.29, 1.82) is 0 Å². The fraction of sp³-hybridized carbons (Fsp3) is 0.304. The fourth-order valence-corrected chi connectivity index (χ4v) is 3.29. The summed E-state index contributed by atoms with van der Waals surface area (Å²) >= 11 is 5.95.